The fraction of sp³-hybridized carbons (Fsp3) is 0.0455. The predicted molar refractivity (Wildman–Crippen MR) is 115 cm³/mol. The van der Waals surface area contributed by atoms with Gasteiger partial charge in [0.15, 0.2) is 0 Å². The van der Waals surface area contributed by atoms with Gasteiger partial charge >= 0.3 is 5.97 Å². The van der Waals surface area contributed by atoms with Gasteiger partial charge in [-0.2, -0.15) is 0 Å². The Morgan fingerprint density at radius 2 is 1.63 bits per heavy atom. The van der Waals surface area contributed by atoms with Gasteiger partial charge in [-0.3, -0.25) is 9.59 Å². The third-order valence-corrected chi connectivity index (χ3v) is 4.52. The van der Waals surface area contributed by atoms with Crippen molar-refractivity contribution in [1.29, 1.82) is 0 Å². The highest BCUT2D eigenvalue weighted by atomic mass is 79.9. The van der Waals surface area contributed by atoms with E-state index in [1.165, 1.54) is 31.6 Å². The molecule has 2 amide bonds. The van der Waals surface area contributed by atoms with Crippen molar-refractivity contribution in [2.75, 3.05) is 12.4 Å². The second-order valence-corrected chi connectivity index (χ2v) is 6.97. The molecule has 0 fully saturated rings. The number of halogens is 1. The molecule has 1 heterocycles. The van der Waals surface area contributed by atoms with Crippen LogP contribution in [0, 0.1) is 0 Å². The molecule has 0 saturated carbocycles. The lowest BCUT2D eigenvalue weighted by Gasteiger charge is -2.11. The van der Waals surface area contributed by atoms with Gasteiger partial charge in [-0.05, 0) is 60.7 Å². The van der Waals surface area contributed by atoms with Crippen molar-refractivity contribution in [3.63, 3.8) is 0 Å². The first-order chi connectivity index (χ1) is 14.5. The lowest BCUT2D eigenvalue weighted by molar-refractivity contribution is -0.113. The van der Waals surface area contributed by atoms with Crippen molar-refractivity contribution in [2.45, 2.75) is 0 Å². The van der Waals surface area contributed by atoms with E-state index in [4.69, 9.17) is 4.42 Å². The first-order valence-corrected chi connectivity index (χ1v) is 9.57. The van der Waals surface area contributed by atoms with Crippen molar-refractivity contribution in [3.05, 3.63) is 94.0 Å². The molecule has 2 aromatic carbocycles. The first kappa shape index (κ1) is 21.1. The van der Waals surface area contributed by atoms with Crippen molar-refractivity contribution in [2.24, 2.45) is 0 Å². The molecule has 0 aliphatic rings. The summed E-state index contributed by atoms with van der Waals surface area (Å²) in [5.41, 5.74) is 1.18. The smallest absolute Gasteiger partial charge is 0.337 e. The summed E-state index contributed by atoms with van der Waals surface area (Å²) in [5, 5.41) is 5.29. The van der Waals surface area contributed by atoms with E-state index in [-0.39, 0.29) is 5.70 Å². The van der Waals surface area contributed by atoms with Crippen LogP contribution in [0.3, 0.4) is 0 Å². The van der Waals surface area contributed by atoms with Crippen LogP contribution in [0.25, 0.3) is 6.08 Å². The van der Waals surface area contributed by atoms with E-state index in [2.05, 4.69) is 31.3 Å². The molecule has 7 nitrogen and oxygen atoms in total. The number of benzene rings is 2. The van der Waals surface area contributed by atoms with Gasteiger partial charge in [-0.1, -0.05) is 15.9 Å². The number of amides is 2. The Morgan fingerprint density at radius 3 is 2.23 bits per heavy atom. The van der Waals surface area contributed by atoms with Crippen molar-refractivity contribution in [1.82, 2.24) is 5.32 Å². The lowest BCUT2D eigenvalue weighted by Crippen LogP contribution is -2.30. The van der Waals surface area contributed by atoms with Gasteiger partial charge in [0.1, 0.15) is 11.5 Å². The fourth-order valence-electron chi connectivity index (χ4n) is 2.48. The molecule has 0 aliphatic heterocycles. The summed E-state index contributed by atoms with van der Waals surface area (Å²) >= 11 is 3.32. The third-order valence-electron chi connectivity index (χ3n) is 3.99. The number of carbonyl (C=O) groups is 3. The van der Waals surface area contributed by atoms with E-state index in [0.29, 0.717) is 22.6 Å². The zero-order valence-electron chi connectivity index (χ0n) is 15.8. The summed E-state index contributed by atoms with van der Waals surface area (Å²) in [6, 6.07) is 16.2. The highest BCUT2D eigenvalue weighted by Gasteiger charge is 2.16. The molecule has 152 valence electrons. The van der Waals surface area contributed by atoms with Crippen LogP contribution >= 0.6 is 15.9 Å². The van der Waals surface area contributed by atoms with Gasteiger partial charge < -0.3 is 19.8 Å². The first-order valence-electron chi connectivity index (χ1n) is 8.78. The summed E-state index contributed by atoms with van der Waals surface area (Å²) in [6.45, 7) is 0. The van der Waals surface area contributed by atoms with Gasteiger partial charge in [0, 0.05) is 21.8 Å². The van der Waals surface area contributed by atoms with Crippen LogP contribution in [0.1, 0.15) is 26.5 Å². The normalized spacial score (nSPS) is 10.9. The van der Waals surface area contributed by atoms with Crippen LogP contribution in [0.5, 0.6) is 0 Å². The molecule has 8 heteroatoms. The Hall–Kier alpha value is -3.65. The topological polar surface area (TPSA) is 97.6 Å². The molecule has 3 rings (SSSR count). The molecule has 0 unspecified atom stereocenters. The van der Waals surface area contributed by atoms with E-state index in [1.807, 2.05) is 0 Å². The van der Waals surface area contributed by atoms with Crippen molar-refractivity contribution >= 4 is 45.5 Å². The molecular formula is C22H17BrN2O5. The second-order valence-electron chi connectivity index (χ2n) is 6.06. The minimum atomic E-state index is -0.553. The Kier molecular flexibility index (Phi) is 6.82. The zero-order valence-corrected chi connectivity index (χ0v) is 17.4. The zero-order chi connectivity index (χ0) is 21.5. The van der Waals surface area contributed by atoms with Crippen LogP contribution < -0.4 is 10.6 Å². The van der Waals surface area contributed by atoms with Crippen LogP contribution in [0.4, 0.5) is 5.69 Å². The summed E-state index contributed by atoms with van der Waals surface area (Å²) in [6.07, 6.45) is 2.89. The van der Waals surface area contributed by atoms with Gasteiger partial charge in [0.25, 0.3) is 11.8 Å². The minimum absolute atomic E-state index is 0.00471. The molecule has 30 heavy (non-hydrogen) atoms. The highest BCUT2D eigenvalue weighted by Crippen LogP contribution is 2.14. The highest BCUT2D eigenvalue weighted by molar-refractivity contribution is 9.10. The Balaban J connectivity index is 1.79. The van der Waals surface area contributed by atoms with E-state index < -0.39 is 17.8 Å². The van der Waals surface area contributed by atoms with E-state index in [9.17, 15) is 14.4 Å². The minimum Gasteiger partial charge on any atom is -0.465 e. The summed E-state index contributed by atoms with van der Waals surface area (Å²) in [4.78, 5) is 36.9. The van der Waals surface area contributed by atoms with Crippen LogP contribution in [-0.2, 0) is 9.53 Å². The van der Waals surface area contributed by atoms with Crippen LogP contribution in [0.2, 0.25) is 0 Å². The Labute approximate surface area is 180 Å². The Morgan fingerprint density at radius 1 is 0.967 bits per heavy atom. The Bertz CT molecular complexity index is 1070. The quantitative estimate of drug-likeness (QED) is 0.416. The SMILES string of the molecule is COC(=O)c1ccc(NC(=O)/C(=C\c2ccco2)NC(=O)c2ccc(Br)cc2)cc1. The average molecular weight is 469 g/mol. The molecule has 1 aromatic heterocycles. The molecular weight excluding hydrogens is 452 g/mol. The summed E-state index contributed by atoms with van der Waals surface area (Å²) in [5.74, 6) is -1.08. The molecule has 3 aromatic rings. The number of hydrogen-bond acceptors (Lipinski definition) is 5. The van der Waals surface area contributed by atoms with Crippen LogP contribution in [0.15, 0.2) is 81.5 Å². The van der Waals surface area contributed by atoms with E-state index in [1.54, 1.807) is 48.5 Å². The third kappa shape index (κ3) is 5.45. The van der Waals surface area contributed by atoms with Crippen molar-refractivity contribution in [3.8, 4) is 0 Å². The number of anilines is 1. The maximum absolute atomic E-state index is 12.8. The predicted octanol–water partition coefficient (Wildman–Crippen LogP) is 4.24. The van der Waals surface area contributed by atoms with Gasteiger partial charge in [-0.15, -0.1) is 0 Å². The molecule has 0 atom stereocenters. The molecule has 2 N–H and O–H groups in total. The lowest BCUT2D eigenvalue weighted by atomic mass is 10.2. The number of nitrogens with one attached hydrogen (secondary N) is 2. The maximum Gasteiger partial charge on any atom is 0.337 e. The number of rotatable bonds is 6. The fourth-order valence-corrected chi connectivity index (χ4v) is 2.74. The number of ether oxygens (including phenoxy) is 1. The van der Waals surface area contributed by atoms with Gasteiger partial charge in [-0.25, -0.2) is 4.79 Å². The maximum atomic E-state index is 12.8. The number of hydrogen-bond donors (Lipinski definition) is 2. The molecule has 0 spiro atoms. The monoisotopic (exact) mass is 468 g/mol. The summed E-state index contributed by atoms with van der Waals surface area (Å²) in [7, 11) is 1.29. The van der Waals surface area contributed by atoms with Crippen LogP contribution in [-0.4, -0.2) is 24.9 Å². The van der Waals surface area contributed by atoms with E-state index >= 15 is 0 Å². The molecule has 0 radical (unpaired) electrons. The van der Waals surface area contributed by atoms with Gasteiger partial charge in [0.05, 0.1) is 18.9 Å². The van der Waals surface area contributed by atoms with Gasteiger partial charge in [0.2, 0.25) is 0 Å². The number of methoxy groups -OCH3 is 1. The second kappa shape index (κ2) is 9.71. The average Bonchev–Trinajstić information content (AvgIpc) is 3.27. The number of furan rings is 1. The standard InChI is InChI=1S/C22H17BrN2O5/c1-29-22(28)15-6-10-17(11-7-15)24-21(27)19(13-18-3-2-12-30-18)25-20(26)14-4-8-16(23)9-5-14/h2-13H,1H3,(H,24,27)(H,25,26)/b19-13+. The molecule has 0 aliphatic carbocycles. The van der Waals surface area contributed by atoms with E-state index in [0.717, 1.165) is 4.47 Å². The summed E-state index contributed by atoms with van der Waals surface area (Å²) < 4.78 is 10.7. The molecule has 0 saturated heterocycles. The van der Waals surface area contributed by atoms with Crippen molar-refractivity contribution < 1.29 is 23.5 Å². The number of esters is 1. The number of carbonyl (C=O) groups excluding carboxylic acids is 3. The molecule has 0 bridgehead atoms. The largest absolute Gasteiger partial charge is 0.465 e.